The van der Waals surface area contributed by atoms with Crippen LogP contribution in [0, 0.1) is 30.6 Å². The average Bonchev–Trinajstić information content (AvgIpc) is 3.40. The van der Waals surface area contributed by atoms with Crippen molar-refractivity contribution in [2.24, 2.45) is 16.7 Å². The number of H-pyrrole nitrogens is 2. The van der Waals surface area contributed by atoms with Gasteiger partial charge in [-0.1, -0.05) is 0 Å². The number of hydrogen-bond donors (Lipinski definition) is 3. The number of likely N-dealkylation sites (tertiary alicyclic amines) is 1. The van der Waals surface area contributed by atoms with E-state index in [9.17, 15) is 19.2 Å². The molecular weight excluding hydrogens is 632 g/mol. The molecule has 2 aliphatic heterocycles. The van der Waals surface area contributed by atoms with Crippen LogP contribution in [0.5, 0.6) is 5.75 Å². The third kappa shape index (κ3) is 3.64. The number of nitrogens with zero attached hydrogens (tertiary/aromatic N) is 3. The van der Waals surface area contributed by atoms with Gasteiger partial charge in [0.2, 0.25) is 17.6 Å². The minimum absolute atomic E-state index is 0.00221. The molecule has 0 radical (unpaired) electrons. The summed E-state index contributed by atoms with van der Waals surface area (Å²) in [5, 5.41) is 3.96. The van der Waals surface area contributed by atoms with Gasteiger partial charge in [-0.05, 0) is 74.8 Å². The zero-order chi connectivity index (χ0) is 33.5. The second-order valence-corrected chi connectivity index (χ2v) is 15.5. The first kappa shape index (κ1) is 30.0. The Kier molecular flexibility index (Phi) is 6.10. The monoisotopic (exact) mass is 670 g/mol. The fraction of sp³-hybridized carbons (Fsp3) is 0.500. The fourth-order valence-electron chi connectivity index (χ4n) is 10.0. The zero-order valence-corrected chi connectivity index (χ0v) is 28.3. The van der Waals surface area contributed by atoms with Crippen molar-refractivity contribution in [2.45, 2.75) is 50.9 Å². The van der Waals surface area contributed by atoms with Gasteiger partial charge in [0, 0.05) is 86.1 Å². The highest BCUT2D eigenvalue weighted by Gasteiger charge is 2.78. The number of halogens is 1. The van der Waals surface area contributed by atoms with Gasteiger partial charge in [-0.15, -0.1) is 11.6 Å². The van der Waals surface area contributed by atoms with E-state index in [-0.39, 0.29) is 28.9 Å². The topological polar surface area (TPSA) is 131 Å². The van der Waals surface area contributed by atoms with Crippen molar-refractivity contribution in [3.63, 3.8) is 0 Å². The Morgan fingerprint density at radius 1 is 1.06 bits per heavy atom. The lowest BCUT2D eigenvalue weighted by molar-refractivity contribution is -0.212. The van der Waals surface area contributed by atoms with Crippen molar-refractivity contribution in [3.05, 3.63) is 58.2 Å². The summed E-state index contributed by atoms with van der Waals surface area (Å²) in [6.45, 7) is 6.19. The predicted octanol–water partition coefficient (Wildman–Crippen LogP) is 4.48. The summed E-state index contributed by atoms with van der Waals surface area (Å²) >= 11 is 6.54. The Balaban J connectivity index is 0.977. The number of alkyl halides is 1. The largest absolute Gasteiger partial charge is 0.415 e. The quantitative estimate of drug-likeness (QED) is 0.318. The van der Waals surface area contributed by atoms with Crippen molar-refractivity contribution in [3.8, 4) is 5.75 Å². The standard InChI is InChI=1S/C36H39ClN6O5/c1-18-11-40-30-24(48-33(47)41(4)6-5-38-3)7-22-27(26(18)30)20(10-37)13-42(22)31(45)34-15-35(16-34,17-34)32(46)43-14-21-9-36(21)25(43)8-23(44)29-28(36)19(2)12-39-29/h7-8,11-12,20-21,38-40H,5-6,9-10,13-17H2,1-4H3/t20-,21?,34?,35?,36?/m1/s1. The number of ether oxygens (including phenoxy) is 1. The van der Waals surface area contributed by atoms with Gasteiger partial charge in [-0.2, -0.15) is 0 Å². The molecule has 5 fully saturated rings. The van der Waals surface area contributed by atoms with Crippen molar-refractivity contribution in [1.29, 1.82) is 0 Å². The van der Waals surface area contributed by atoms with Crippen LogP contribution < -0.4 is 15.0 Å². The summed E-state index contributed by atoms with van der Waals surface area (Å²) in [5.41, 5.74) is 5.64. The number of nitrogens with one attached hydrogen (secondary N) is 3. The lowest BCUT2D eigenvalue weighted by Crippen LogP contribution is -2.72. The second-order valence-electron chi connectivity index (χ2n) is 15.2. The van der Waals surface area contributed by atoms with E-state index in [1.807, 2.05) is 43.1 Å². The third-order valence-electron chi connectivity index (χ3n) is 12.4. The molecule has 11 nitrogen and oxygen atoms in total. The van der Waals surface area contributed by atoms with Crippen LogP contribution in [0.15, 0.2) is 30.2 Å². The second kappa shape index (κ2) is 9.75. The van der Waals surface area contributed by atoms with Gasteiger partial charge in [0.25, 0.3) is 0 Å². The van der Waals surface area contributed by atoms with Crippen LogP contribution in [0.2, 0.25) is 0 Å². The number of benzene rings is 1. The predicted molar refractivity (Wildman–Crippen MR) is 180 cm³/mol. The Morgan fingerprint density at radius 2 is 1.77 bits per heavy atom. The molecule has 1 aromatic carbocycles. The Morgan fingerprint density at radius 3 is 2.48 bits per heavy atom. The first-order chi connectivity index (χ1) is 23.0. The summed E-state index contributed by atoms with van der Waals surface area (Å²) in [6, 6.07) is 1.80. The molecule has 3 amide bonds. The molecular formula is C36H39ClN6O5. The number of fused-ring (bicyclic) bond motifs is 4. The van der Waals surface area contributed by atoms with E-state index in [0.29, 0.717) is 74.2 Å². The molecule has 3 aromatic rings. The van der Waals surface area contributed by atoms with E-state index in [1.54, 1.807) is 19.2 Å². The zero-order valence-electron chi connectivity index (χ0n) is 27.6. The summed E-state index contributed by atoms with van der Waals surface area (Å²) in [5.74, 6) is 0.934. The number of hydrogen-bond acceptors (Lipinski definition) is 6. The van der Waals surface area contributed by atoms with Gasteiger partial charge < -0.3 is 34.7 Å². The molecule has 4 saturated carbocycles. The Labute approximate surface area is 283 Å². The number of piperidine rings is 1. The van der Waals surface area contributed by atoms with E-state index in [4.69, 9.17) is 16.3 Å². The summed E-state index contributed by atoms with van der Waals surface area (Å²) in [4.78, 5) is 66.4. The number of allylic oxidation sites excluding steroid dienone is 2. The van der Waals surface area contributed by atoms with Gasteiger partial charge in [0.15, 0.2) is 5.75 Å². The van der Waals surface area contributed by atoms with E-state index >= 15 is 0 Å². The number of aromatic nitrogens is 2. The number of likely N-dealkylation sites (N-methyl/N-ethyl adjacent to an activating group) is 2. The number of amides is 3. The highest BCUT2D eigenvalue weighted by atomic mass is 35.5. The first-order valence-electron chi connectivity index (χ1n) is 16.9. The molecule has 7 aliphatic rings. The highest BCUT2D eigenvalue weighted by molar-refractivity contribution is 6.19. The van der Waals surface area contributed by atoms with Gasteiger partial charge in [0.1, 0.15) is 0 Å². The van der Waals surface area contributed by atoms with Crippen LogP contribution in [0.1, 0.15) is 64.3 Å². The maximum atomic E-state index is 14.5. The van der Waals surface area contributed by atoms with Crippen molar-refractivity contribution < 1.29 is 23.9 Å². The van der Waals surface area contributed by atoms with Gasteiger partial charge in [0.05, 0.1) is 27.7 Å². The molecule has 2 bridgehead atoms. The molecule has 10 rings (SSSR count). The van der Waals surface area contributed by atoms with Crippen molar-refractivity contribution >= 4 is 51.9 Å². The van der Waals surface area contributed by atoms with Gasteiger partial charge in [-0.3, -0.25) is 14.4 Å². The van der Waals surface area contributed by atoms with E-state index < -0.39 is 16.9 Å². The Bertz CT molecular complexity index is 2010. The number of ketones is 1. The molecule has 2 unspecified atom stereocenters. The molecule has 2 aromatic heterocycles. The molecule has 1 spiro atoms. The average molecular weight is 671 g/mol. The lowest BCUT2D eigenvalue weighted by atomic mass is 9.34. The molecule has 1 saturated heterocycles. The third-order valence-corrected chi connectivity index (χ3v) is 12.7. The SMILES string of the molecule is CNCCN(C)C(=O)Oc1cc2c(c3c(C)c[nH]c13)[C@H](CCl)CN2C(=O)C12CC(C(=O)N3CC4CC45C3=CC(=O)c3[nH]cc(C)c35)(C1)C2. The van der Waals surface area contributed by atoms with E-state index in [1.165, 1.54) is 4.90 Å². The van der Waals surface area contributed by atoms with Gasteiger partial charge >= 0.3 is 6.09 Å². The maximum absolute atomic E-state index is 14.5. The number of anilines is 1. The minimum Gasteiger partial charge on any atom is -0.408 e. The van der Waals surface area contributed by atoms with Crippen molar-refractivity contribution in [2.75, 3.05) is 51.1 Å². The van der Waals surface area contributed by atoms with Crippen LogP contribution in [0.4, 0.5) is 10.5 Å². The van der Waals surface area contributed by atoms with Crippen LogP contribution in [0.3, 0.4) is 0 Å². The molecule has 3 atom stereocenters. The number of aromatic amines is 2. The smallest absolute Gasteiger partial charge is 0.408 e. The maximum Gasteiger partial charge on any atom is 0.415 e. The molecule has 250 valence electrons. The summed E-state index contributed by atoms with van der Waals surface area (Å²) in [7, 11) is 3.52. The summed E-state index contributed by atoms with van der Waals surface area (Å²) < 4.78 is 5.92. The fourth-order valence-corrected chi connectivity index (χ4v) is 10.3. The van der Waals surface area contributed by atoms with Crippen LogP contribution >= 0.6 is 11.6 Å². The molecule has 4 heterocycles. The van der Waals surface area contributed by atoms with Crippen LogP contribution in [0.25, 0.3) is 10.9 Å². The van der Waals surface area contributed by atoms with E-state index in [0.717, 1.165) is 45.4 Å². The molecule has 3 N–H and O–H groups in total. The van der Waals surface area contributed by atoms with Crippen LogP contribution in [-0.4, -0.2) is 89.6 Å². The van der Waals surface area contributed by atoms with E-state index in [2.05, 4.69) is 15.3 Å². The highest BCUT2D eigenvalue weighted by Crippen LogP contribution is 2.76. The number of carbonyl (C=O) groups excluding carboxylic acids is 4. The summed E-state index contributed by atoms with van der Waals surface area (Å²) in [6.07, 6.45) is 7.45. The minimum atomic E-state index is -0.609. The van der Waals surface area contributed by atoms with Gasteiger partial charge in [-0.25, -0.2) is 4.79 Å². The number of aryl methyl sites for hydroxylation is 2. The molecule has 48 heavy (non-hydrogen) atoms. The normalized spacial score (nSPS) is 30.2. The molecule has 5 aliphatic carbocycles. The number of carbonyl (C=O) groups is 4. The Hall–Kier alpha value is -4.09. The number of rotatable bonds is 7. The van der Waals surface area contributed by atoms with Crippen molar-refractivity contribution in [1.82, 2.24) is 25.1 Å². The molecule has 12 heteroatoms. The first-order valence-corrected chi connectivity index (χ1v) is 17.4. The van der Waals surface area contributed by atoms with Crippen LogP contribution in [-0.2, 0) is 15.0 Å². The lowest BCUT2D eigenvalue weighted by Gasteiger charge is -2.69.